The molecule has 0 rings (SSSR count). The van der Waals surface area contributed by atoms with E-state index >= 15 is 0 Å². The fraction of sp³-hybridized carbons (Fsp3) is 0.923. The molecule has 0 aliphatic heterocycles. The van der Waals surface area contributed by atoms with Crippen LogP contribution in [0.1, 0.15) is 72.1 Å². The van der Waals surface area contributed by atoms with Gasteiger partial charge in [0.2, 0.25) is 0 Å². The van der Waals surface area contributed by atoms with E-state index < -0.39 is 0 Å². The Hall–Kier alpha value is 0.0200. The summed E-state index contributed by atoms with van der Waals surface area (Å²) in [5.74, 6) is 0. The van der Waals surface area contributed by atoms with E-state index in [2.05, 4.69) is 13.8 Å². The van der Waals surface area contributed by atoms with E-state index in [1.165, 1.54) is 63.1 Å². The second-order valence-corrected chi connectivity index (χ2v) is 5.95. The first-order chi connectivity index (χ1) is 7.16. The number of rotatable bonds is 9. The molecule has 0 aromatic heterocycles. The Balaban J connectivity index is 3.13. The van der Waals surface area contributed by atoms with E-state index in [-0.39, 0.29) is 5.12 Å². The van der Waals surface area contributed by atoms with Gasteiger partial charge in [-0.1, -0.05) is 70.6 Å². The van der Waals surface area contributed by atoms with Crippen molar-refractivity contribution < 1.29 is 4.79 Å². The van der Waals surface area contributed by atoms with E-state index in [1.54, 1.807) is 6.92 Å². The van der Waals surface area contributed by atoms with Crippen molar-refractivity contribution in [3.63, 3.8) is 0 Å². The van der Waals surface area contributed by atoms with Gasteiger partial charge >= 0.3 is 0 Å². The van der Waals surface area contributed by atoms with Crippen molar-refractivity contribution in [2.24, 2.45) is 0 Å². The number of unbranched alkanes of at least 4 members (excludes halogenated alkanes) is 6. The molecule has 0 aromatic rings. The summed E-state index contributed by atoms with van der Waals surface area (Å²) in [4.78, 5) is 10.8. The molecule has 0 aliphatic carbocycles. The highest BCUT2D eigenvalue weighted by Gasteiger charge is 2.04. The molecule has 1 nitrogen and oxygen atoms in total. The average Bonchev–Trinajstić information content (AvgIpc) is 2.15. The van der Waals surface area contributed by atoms with Gasteiger partial charge in [-0.15, -0.1) is 0 Å². The number of carbonyl (C=O) groups is 1. The molecule has 1 unspecified atom stereocenters. The summed E-state index contributed by atoms with van der Waals surface area (Å²) in [5.41, 5.74) is 0. The molecule has 0 spiro atoms. The highest BCUT2D eigenvalue weighted by Crippen LogP contribution is 2.18. The summed E-state index contributed by atoms with van der Waals surface area (Å²) in [7, 11) is 0. The maximum absolute atomic E-state index is 10.8. The first kappa shape index (κ1) is 15.0. The molecule has 0 aromatic carbocycles. The van der Waals surface area contributed by atoms with Crippen molar-refractivity contribution in [1.82, 2.24) is 0 Å². The van der Waals surface area contributed by atoms with Gasteiger partial charge in [0.15, 0.2) is 5.12 Å². The van der Waals surface area contributed by atoms with E-state index in [4.69, 9.17) is 0 Å². The zero-order valence-corrected chi connectivity index (χ0v) is 11.4. The summed E-state index contributed by atoms with van der Waals surface area (Å²) >= 11 is 1.49. The monoisotopic (exact) mass is 230 g/mol. The minimum atomic E-state index is 0.255. The van der Waals surface area contributed by atoms with Gasteiger partial charge < -0.3 is 0 Å². The molecule has 0 saturated carbocycles. The largest absolute Gasteiger partial charge is 0.288 e. The van der Waals surface area contributed by atoms with Crippen LogP contribution >= 0.6 is 11.8 Å². The van der Waals surface area contributed by atoms with E-state index in [1.807, 2.05) is 0 Å². The fourth-order valence-corrected chi connectivity index (χ4v) is 2.58. The fourth-order valence-electron chi connectivity index (χ4n) is 1.73. The molecule has 0 amide bonds. The summed E-state index contributed by atoms with van der Waals surface area (Å²) in [5, 5.41) is 0.767. The molecule has 0 heterocycles. The minimum Gasteiger partial charge on any atom is -0.288 e. The zero-order valence-electron chi connectivity index (χ0n) is 10.6. The van der Waals surface area contributed by atoms with Gasteiger partial charge in [0.05, 0.1) is 0 Å². The lowest BCUT2D eigenvalue weighted by Crippen LogP contribution is -1.99. The minimum absolute atomic E-state index is 0.255. The van der Waals surface area contributed by atoms with Crippen molar-refractivity contribution in [3.05, 3.63) is 0 Å². The Morgan fingerprint density at radius 3 is 2.13 bits per heavy atom. The Morgan fingerprint density at radius 1 is 1.07 bits per heavy atom. The van der Waals surface area contributed by atoms with Gasteiger partial charge in [-0.2, -0.15) is 0 Å². The van der Waals surface area contributed by atoms with Crippen LogP contribution in [-0.4, -0.2) is 10.4 Å². The maximum Gasteiger partial charge on any atom is 0.186 e. The third-order valence-corrected chi connectivity index (χ3v) is 3.55. The molecule has 2 heteroatoms. The Kier molecular flexibility index (Phi) is 10.5. The molecule has 0 aliphatic rings. The van der Waals surface area contributed by atoms with Crippen LogP contribution in [0.15, 0.2) is 0 Å². The number of hydrogen-bond acceptors (Lipinski definition) is 2. The van der Waals surface area contributed by atoms with Crippen LogP contribution in [0.2, 0.25) is 0 Å². The molecule has 15 heavy (non-hydrogen) atoms. The van der Waals surface area contributed by atoms with Crippen LogP contribution in [-0.2, 0) is 4.79 Å². The molecule has 0 N–H and O–H groups in total. The second kappa shape index (κ2) is 10.5. The molecule has 0 bridgehead atoms. The lowest BCUT2D eigenvalue weighted by molar-refractivity contribution is -0.109. The van der Waals surface area contributed by atoms with Crippen molar-refractivity contribution in [1.29, 1.82) is 0 Å². The quantitative estimate of drug-likeness (QED) is 0.529. The van der Waals surface area contributed by atoms with Gasteiger partial charge in [-0.05, 0) is 6.42 Å². The molecule has 0 radical (unpaired) electrons. The van der Waals surface area contributed by atoms with Gasteiger partial charge in [-0.25, -0.2) is 0 Å². The van der Waals surface area contributed by atoms with Gasteiger partial charge in [0, 0.05) is 12.2 Å². The molecule has 0 fully saturated rings. The van der Waals surface area contributed by atoms with Crippen LogP contribution < -0.4 is 0 Å². The van der Waals surface area contributed by atoms with Crippen LogP contribution in [0, 0.1) is 0 Å². The summed E-state index contributed by atoms with van der Waals surface area (Å²) in [6.45, 7) is 6.07. The first-order valence-electron chi connectivity index (χ1n) is 6.34. The Bertz CT molecular complexity index is 157. The van der Waals surface area contributed by atoms with Crippen molar-refractivity contribution in [2.45, 2.75) is 77.4 Å². The standard InChI is InChI=1S/C13H26OS/c1-4-5-6-7-8-9-10-11-12(2)15-13(3)14/h12H,4-11H2,1-3H3. The van der Waals surface area contributed by atoms with E-state index in [0.29, 0.717) is 5.25 Å². The average molecular weight is 230 g/mol. The Morgan fingerprint density at radius 2 is 1.60 bits per heavy atom. The zero-order chi connectivity index (χ0) is 11.5. The summed E-state index contributed by atoms with van der Waals surface area (Å²) in [6.07, 6.45) is 10.7. The summed E-state index contributed by atoms with van der Waals surface area (Å²) < 4.78 is 0. The highest BCUT2D eigenvalue weighted by atomic mass is 32.2. The molecule has 1 atom stereocenters. The topological polar surface area (TPSA) is 17.1 Å². The van der Waals surface area contributed by atoms with Gasteiger partial charge in [-0.3, -0.25) is 4.79 Å². The smallest absolute Gasteiger partial charge is 0.186 e. The number of hydrogen-bond donors (Lipinski definition) is 0. The van der Waals surface area contributed by atoms with Crippen LogP contribution in [0.3, 0.4) is 0 Å². The highest BCUT2D eigenvalue weighted by molar-refractivity contribution is 8.14. The van der Waals surface area contributed by atoms with Gasteiger partial charge in [0.1, 0.15) is 0 Å². The summed E-state index contributed by atoms with van der Waals surface area (Å²) in [6, 6.07) is 0. The first-order valence-corrected chi connectivity index (χ1v) is 7.22. The maximum atomic E-state index is 10.8. The molecular weight excluding hydrogens is 204 g/mol. The van der Waals surface area contributed by atoms with Crippen LogP contribution in [0.25, 0.3) is 0 Å². The Labute approximate surface area is 99.4 Å². The van der Waals surface area contributed by atoms with Crippen LogP contribution in [0.5, 0.6) is 0 Å². The molecule has 0 saturated heterocycles. The van der Waals surface area contributed by atoms with Crippen LogP contribution in [0.4, 0.5) is 0 Å². The van der Waals surface area contributed by atoms with Crippen molar-refractivity contribution in [2.75, 3.05) is 0 Å². The normalized spacial score (nSPS) is 12.7. The predicted octanol–water partition coefficient (Wildman–Crippen LogP) is 4.80. The lowest BCUT2D eigenvalue weighted by Gasteiger charge is -2.07. The van der Waals surface area contributed by atoms with Gasteiger partial charge in [0.25, 0.3) is 0 Å². The number of carbonyl (C=O) groups excluding carboxylic acids is 1. The SMILES string of the molecule is CCCCCCCCCC(C)SC(C)=O. The number of thioether (sulfide) groups is 1. The third kappa shape index (κ3) is 11.9. The molecule has 90 valence electrons. The second-order valence-electron chi connectivity index (χ2n) is 4.33. The molecular formula is C13H26OS. The van der Waals surface area contributed by atoms with E-state index in [0.717, 1.165) is 0 Å². The van der Waals surface area contributed by atoms with Crippen molar-refractivity contribution >= 4 is 16.9 Å². The van der Waals surface area contributed by atoms with Crippen molar-refractivity contribution in [3.8, 4) is 0 Å². The lowest BCUT2D eigenvalue weighted by atomic mass is 10.1. The third-order valence-electron chi connectivity index (χ3n) is 2.58. The van der Waals surface area contributed by atoms with E-state index in [9.17, 15) is 4.79 Å². The predicted molar refractivity (Wildman–Crippen MR) is 70.3 cm³/mol.